The molecule has 2 heterocycles. The van der Waals surface area contributed by atoms with Gasteiger partial charge in [-0.2, -0.15) is 8.75 Å². The molecular weight excluding hydrogens is 257 g/mol. The summed E-state index contributed by atoms with van der Waals surface area (Å²) in [5, 5.41) is 0.997. The van der Waals surface area contributed by atoms with Crippen LogP contribution in [0.15, 0.2) is 17.3 Å². The van der Waals surface area contributed by atoms with Gasteiger partial charge in [-0.05, 0) is 19.0 Å². The smallest absolute Gasteiger partial charge is 0.134 e. The Morgan fingerprint density at radius 3 is 3.24 bits per heavy atom. The molecule has 1 atom stereocenters. The molecule has 1 aliphatic heterocycles. The molecule has 1 aliphatic rings. The van der Waals surface area contributed by atoms with Gasteiger partial charge in [0.1, 0.15) is 5.03 Å². The standard InChI is InChI=1S/C11H16FN3S2/c1-15-6-2-4-9(8-15)10-11(14-17-13-10)16-7-3-5-12/h2,6,9H,3-5,7-8H2,1H3. The Morgan fingerprint density at radius 2 is 2.47 bits per heavy atom. The summed E-state index contributed by atoms with van der Waals surface area (Å²) in [6.45, 7) is 0.730. The Labute approximate surface area is 109 Å². The second-order valence-electron chi connectivity index (χ2n) is 4.10. The Hall–Kier alpha value is -0.620. The normalized spacial score (nSPS) is 19.9. The van der Waals surface area contributed by atoms with E-state index in [9.17, 15) is 4.39 Å². The first-order chi connectivity index (χ1) is 8.31. The molecular formula is C11H16FN3S2. The molecule has 0 radical (unpaired) electrons. The summed E-state index contributed by atoms with van der Waals surface area (Å²) < 4.78 is 20.8. The van der Waals surface area contributed by atoms with Gasteiger partial charge < -0.3 is 4.90 Å². The summed E-state index contributed by atoms with van der Waals surface area (Å²) in [6.07, 6.45) is 5.88. The molecule has 0 saturated carbocycles. The summed E-state index contributed by atoms with van der Waals surface area (Å²) in [7, 11) is 2.07. The monoisotopic (exact) mass is 273 g/mol. The fraction of sp³-hybridized carbons (Fsp3) is 0.636. The molecule has 0 N–H and O–H groups in total. The topological polar surface area (TPSA) is 29.0 Å². The first-order valence-corrected chi connectivity index (χ1v) is 7.41. The van der Waals surface area contributed by atoms with Crippen molar-refractivity contribution in [3.8, 4) is 0 Å². The summed E-state index contributed by atoms with van der Waals surface area (Å²) >= 11 is 2.89. The number of allylic oxidation sites excluding steroid dienone is 1. The molecule has 0 spiro atoms. The van der Waals surface area contributed by atoms with Crippen LogP contribution < -0.4 is 0 Å². The van der Waals surface area contributed by atoms with Gasteiger partial charge in [-0.1, -0.05) is 6.08 Å². The Balaban J connectivity index is 2.00. The van der Waals surface area contributed by atoms with E-state index in [2.05, 4.69) is 33.0 Å². The average Bonchev–Trinajstić information content (AvgIpc) is 2.78. The molecule has 0 fully saturated rings. The zero-order valence-corrected chi connectivity index (χ0v) is 11.4. The van der Waals surface area contributed by atoms with Gasteiger partial charge >= 0.3 is 0 Å². The van der Waals surface area contributed by atoms with Crippen molar-refractivity contribution >= 4 is 23.5 Å². The summed E-state index contributed by atoms with van der Waals surface area (Å²) in [5.41, 5.74) is 1.09. The highest BCUT2D eigenvalue weighted by molar-refractivity contribution is 7.99. The van der Waals surface area contributed by atoms with Crippen molar-refractivity contribution < 1.29 is 4.39 Å². The summed E-state index contributed by atoms with van der Waals surface area (Å²) in [4.78, 5) is 2.17. The number of rotatable bonds is 5. The van der Waals surface area contributed by atoms with Crippen LogP contribution in [0.25, 0.3) is 0 Å². The molecule has 0 amide bonds. The molecule has 94 valence electrons. The predicted molar refractivity (Wildman–Crippen MR) is 70.4 cm³/mol. The molecule has 0 aromatic carbocycles. The SMILES string of the molecule is CN1C=CCC(c2nsnc2SCCCF)C1. The third kappa shape index (κ3) is 3.42. The van der Waals surface area contributed by atoms with E-state index in [0.717, 1.165) is 29.4 Å². The van der Waals surface area contributed by atoms with E-state index in [1.54, 1.807) is 11.8 Å². The number of likely N-dealkylation sites (N-methyl/N-ethyl adjacent to an activating group) is 1. The van der Waals surface area contributed by atoms with Gasteiger partial charge in [0.25, 0.3) is 0 Å². The van der Waals surface area contributed by atoms with E-state index >= 15 is 0 Å². The van der Waals surface area contributed by atoms with Gasteiger partial charge in [0.15, 0.2) is 0 Å². The molecule has 17 heavy (non-hydrogen) atoms. The molecule has 0 aliphatic carbocycles. The Morgan fingerprint density at radius 1 is 1.59 bits per heavy atom. The van der Waals surface area contributed by atoms with Crippen LogP contribution in [0.2, 0.25) is 0 Å². The molecule has 6 heteroatoms. The first kappa shape index (κ1) is 12.8. The molecule has 0 saturated heterocycles. The van der Waals surface area contributed by atoms with E-state index in [4.69, 9.17) is 0 Å². The lowest BCUT2D eigenvalue weighted by Gasteiger charge is -2.25. The molecule has 1 aromatic heterocycles. The van der Waals surface area contributed by atoms with Crippen molar-refractivity contribution in [2.45, 2.75) is 23.8 Å². The minimum Gasteiger partial charge on any atom is -0.380 e. The van der Waals surface area contributed by atoms with Crippen molar-refractivity contribution in [3.05, 3.63) is 18.0 Å². The van der Waals surface area contributed by atoms with Crippen molar-refractivity contribution in [1.82, 2.24) is 13.6 Å². The van der Waals surface area contributed by atoms with E-state index in [1.165, 1.54) is 11.7 Å². The van der Waals surface area contributed by atoms with Crippen LogP contribution in [0, 0.1) is 0 Å². The van der Waals surface area contributed by atoms with Crippen LogP contribution >= 0.6 is 23.5 Å². The lowest BCUT2D eigenvalue weighted by molar-refractivity contribution is 0.384. The maximum absolute atomic E-state index is 12.1. The van der Waals surface area contributed by atoms with Crippen LogP contribution in [-0.2, 0) is 0 Å². The number of nitrogens with zero attached hydrogens (tertiary/aromatic N) is 3. The molecule has 1 unspecified atom stereocenters. The number of hydrogen-bond donors (Lipinski definition) is 0. The lowest BCUT2D eigenvalue weighted by atomic mass is 9.99. The number of halogens is 1. The highest BCUT2D eigenvalue weighted by Crippen LogP contribution is 2.31. The second kappa shape index (κ2) is 6.35. The van der Waals surface area contributed by atoms with Crippen molar-refractivity contribution in [2.24, 2.45) is 0 Å². The predicted octanol–water partition coefficient (Wildman–Crippen LogP) is 2.92. The Kier molecular flexibility index (Phi) is 4.79. The highest BCUT2D eigenvalue weighted by Gasteiger charge is 2.21. The maximum Gasteiger partial charge on any atom is 0.134 e. The van der Waals surface area contributed by atoms with Crippen LogP contribution in [0.3, 0.4) is 0 Å². The van der Waals surface area contributed by atoms with Crippen LogP contribution in [0.5, 0.6) is 0 Å². The molecule has 1 aromatic rings. The van der Waals surface area contributed by atoms with E-state index in [1.807, 2.05) is 0 Å². The van der Waals surface area contributed by atoms with E-state index < -0.39 is 0 Å². The van der Waals surface area contributed by atoms with E-state index in [0.29, 0.717) is 12.3 Å². The highest BCUT2D eigenvalue weighted by atomic mass is 32.2. The van der Waals surface area contributed by atoms with Gasteiger partial charge in [0, 0.05) is 25.3 Å². The maximum atomic E-state index is 12.1. The fourth-order valence-electron chi connectivity index (χ4n) is 1.85. The van der Waals surface area contributed by atoms with Crippen molar-refractivity contribution in [2.75, 3.05) is 26.0 Å². The van der Waals surface area contributed by atoms with Crippen LogP contribution in [0.4, 0.5) is 4.39 Å². The average molecular weight is 273 g/mol. The number of hydrogen-bond acceptors (Lipinski definition) is 5. The molecule has 0 bridgehead atoms. The third-order valence-electron chi connectivity index (χ3n) is 2.67. The van der Waals surface area contributed by atoms with Gasteiger partial charge in [0.05, 0.1) is 24.1 Å². The zero-order valence-electron chi connectivity index (χ0n) is 9.80. The minimum atomic E-state index is -0.255. The van der Waals surface area contributed by atoms with Gasteiger partial charge in [0.2, 0.25) is 0 Å². The number of alkyl halides is 1. The molecule has 2 rings (SSSR count). The summed E-state index contributed by atoms with van der Waals surface area (Å²) in [6, 6.07) is 0. The fourth-order valence-corrected chi connectivity index (χ4v) is 3.55. The van der Waals surface area contributed by atoms with Crippen LogP contribution in [0.1, 0.15) is 24.5 Å². The molecule has 3 nitrogen and oxygen atoms in total. The minimum absolute atomic E-state index is 0.255. The third-order valence-corrected chi connectivity index (χ3v) is 4.40. The Bertz CT molecular complexity index is 381. The van der Waals surface area contributed by atoms with Gasteiger partial charge in [-0.25, -0.2) is 0 Å². The second-order valence-corrected chi connectivity index (χ2v) is 5.71. The first-order valence-electron chi connectivity index (χ1n) is 5.69. The quantitative estimate of drug-likeness (QED) is 0.609. The van der Waals surface area contributed by atoms with Gasteiger partial charge in [-0.3, -0.25) is 4.39 Å². The summed E-state index contributed by atoms with van der Waals surface area (Å²) in [5.74, 6) is 1.21. The number of aromatic nitrogens is 2. The van der Waals surface area contributed by atoms with Gasteiger partial charge in [-0.15, -0.1) is 11.8 Å². The van der Waals surface area contributed by atoms with Crippen molar-refractivity contribution in [3.63, 3.8) is 0 Å². The van der Waals surface area contributed by atoms with E-state index in [-0.39, 0.29) is 6.67 Å². The zero-order chi connectivity index (χ0) is 12.1. The number of thioether (sulfide) groups is 1. The lowest BCUT2D eigenvalue weighted by Crippen LogP contribution is -2.23. The van der Waals surface area contributed by atoms with Crippen molar-refractivity contribution in [1.29, 1.82) is 0 Å². The largest absolute Gasteiger partial charge is 0.380 e. The van der Waals surface area contributed by atoms with Crippen LogP contribution in [-0.4, -0.2) is 39.7 Å².